The largest absolute Gasteiger partial charge is 0.298 e. The Hall–Kier alpha value is -2.51. The highest BCUT2D eigenvalue weighted by atomic mass is 35.5. The number of hydrogen-bond acceptors (Lipinski definition) is 5. The van der Waals surface area contributed by atoms with Crippen LogP contribution in [0.5, 0.6) is 0 Å². The molecule has 22 heavy (non-hydrogen) atoms. The smallest absolute Gasteiger partial charge is 0.270 e. The van der Waals surface area contributed by atoms with E-state index < -0.39 is 10.8 Å². The minimum Gasteiger partial charge on any atom is -0.298 e. The summed E-state index contributed by atoms with van der Waals surface area (Å²) in [6, 6.07) is 11.2. The second-order valence-corrected chi connectivity index (χ2v) is 5.80. The maximum absolute atomic E-state index is 12.2. The fourth-order valence-electron chi connectivity index (χ4n) is 1.89. The maximum Gasteiger partial charge on any atom is 0.270 e. The normalized spacial score (nSPS) is 10.6. The van der Waals surface area contributed by atoms with E-state index in [1.54, 1.807) is 0 Å². The molecule has 0 spiro atoms. The second-order valence-electron chi connectivity index (χ2n) is 4.36. The van der Waals surface area contributed by atoms with Gasteiger partial charge in [-0.1, -0.05) is 35.1 Å². The van der Waals surface area contributed by atoms with Crippen LogP contribution >= 0.6 is 22.9 Å². The lowest BCUT2D eigenvalue weighted by Crippen LogP contribution is -2.12. The topological polar surface area (TPSA) is 85.1 Å². The van der Waals surface area contributed by atoms with Crippen molar-refractivity contribution in [3.63, 3.8) is 0 Å². The van der Waals surface area contributed by atoms with Crippen molar-refractivity contribution in [2.75, 3.05) is 5.32 Å². The van der Waals surface area contributed by atoms with Crippen LogP contribution in [0, 0.1) is 10.1 Å². The van der Waals surface area contributed by atoms with E-state index in [2.05, 4.69) is 10.3 Å². The molecule has 1 heterocycles. The Balaban J connectivity index is 1.86. The van der Waals surface area contributed by atoms with Crippen LogP contribution < -0.4 is 5.32 Å². The number of nitrogens with one attached hydrogen (secondary N) is 1. The standard InChI is InChI=1S/C14H8ClN3O3S/c15-10-7-8(18(20)21)5-6-9(10)13(19)17-14-16-11-3-1-2-4-12(11)22-14/h1-7H,(H,16,17,19). The van der Waals surface area contributed by atoms with Crippen LogP contribution in [-0.2, 0) is 0 Å². The number of thiazole rings is 1. The van der Waals surface area contributed by atoms with Gasteiger partial charge >= 0.3 is 0 Å². The molecular weight excluding hydrogens is 326 g/mol. The van der Waals surface area contributed by atoms with E-state index in [9.17, 15) is 14.9 Å². The zero-order valence-corrected chi connectivity index (χ0v) is 12.5. The van der Waals surface area contributed by atoms with Crippen molar-refractivity contribution in [1.82, 2.24) is 4.98 Å². The van der Waals surface area contributed by atoms with Gasteiger partial charge in [-0.2, -0.15) is 0 Å². The number of carbonyl (C=O) groups is 1. The van der Waals surface area contributed by atoms with E-state index >= 15 is 0 Å². The van der Waals surface area contributed by atoms with Crippen molar-refractivity contribution in [1.29, 1.82) is 0 Å². The monoisotopic (exact) mass is 333 g/mol. The molecule has 0 atom stereocenters. The van der Waals surface area contributed by atoms with Crippen molar-refractivity contribution >= 4 is 49.9 Å². The molecule has 0 fully saturated rings. The summed E-state index contributed by atoms with van der Waals surface area (Å²) >= 11 is 7.27. The van der Waals surface area contributed by atoms with Crippen molar-refractivity contribution in [3.05, 3.63) is 63.2 Å². The average Bonchev–Trinajstić information content (AvgIpc) is 2.88. The number of fused-ring (bicyclic) bond motifs is 1. The van der Waals surface area contributed by atoms with Gasteiger partial charge in [0.1, 0.15) is 0 Å². The molecule has 3 rings (SSSR count). The molecule has 2 aromatic carbocycles. The predicted molar refractivity (Wildman–Crippen MR) is 85.7 cm³/mol. The summed E-state index contributed by atoms with van der Waals surface area (Å²) in [6.45, 7) is 0. The van der Waals surface area contributed by atoms with Crippen LogP contribution in [0.15, 0.2) is 42.5 Å². The highest BCUT2D eigenvalue weighted by molar-refractivity contribution is 7.22. The molecule has 8 heteroatoms. The Morgan fingerprint density at radius 3 is 2.73 bits per heavy atom. The number of nitrogens with zero attached hydrogens (tertiary/aromatic N) is 2. The van der Waals surface area contributed by atoms with E-state index in [1.807, 2.05) is 24.3 Å². The summed E-state index contributed by atoms with van der Waals surface area (Å²) in [6.07, 6.45) is 0. The molecule has 6 nitrogen and oxygen atoms in total. The lowest BCUT2D eigenvalue weighted by atomic mass is 10.2. The third-order valence-electron chi connectivity index (χ3n) is 2.92. The zero-order valence-electron chi connectivity index (χ0n) is 10.9. The first-order valence-corrected chi connectivity index (χ1v) is 7.35. The SMILES string of the molecule is O=C(Nc1nc2ccccc2s1)c1ccc([N+](=O)[O-])cc1Cl. The number of non-ortho nitro benzene ring substituents is 1. The van der Waals surface area contributed by atoms with E-state index in [0.29, 0.717) is 5.13 Å². The number of anilines is 1. The molecule has 1 amide bonds. The van der Waals surface area contributed by atoms with Gasteiger partial charge in [0.15, 0.2) is 5.13 Å². The van der Waals surface area contributed by atoms with Gasteiger partial charge in [-0.15, -0.1) is 0 Å². The number of carbonyl (C=O) groups excluding carboxylic acids is 1. The number of rotatable bonds is 3. The third-order valence-corrected chi connectivity index (χ3v) is 4.19. The van der Waals surface area contributed by atoms with Gasteiger partial charge in [0, 0.05) is 12.1 Å². The van der Waals surface area contributed by atoms with Gasteiger partial charge in [-0.3, -0.25) is 20.2 Å². The first kappa shape index (κ1) is 14.4. The minimum atomic E-state index is -0.568. The predicted octanol–water partition coefficient (Wildman–Crippen LogP) is 4.11. The van der Waals surface area contributed by atoms with E-state index in [4.69, 9.17) is 11.6 Å². The van der Waals surface area contributed by atoms with Gasteiger partial charge in [-0.25, -0.2) is 4.98 Å². The Morgan fingerprint density at radius 1 is 1.27 bits per heavy atom. The van der Waals surface area contributed by atoms with Gasteiger partial charge in [0.25, 0.3) is 11.6 Å². The highest BCUT2D eigenvalue weighted by Crippen LogP contribution is 2.27. The number of aromatic nitrogens is 1. The molecule has 0 aliphatic carbocycles. The summed E-state index contributed by atoms with van der Waals surface area (Å²) in [4.78, 5) is 26.6. The number of para-hydroxylation sites is 1. The summed E-state index contributed by atoms with van der Waals surface area (Å²) in [7, 11) is 0. The number of halogens is 1. The van der Waals surface area contributed by atoms with E-state index in [-0.39, 0.29) is 16.3 Å². The molecule has 3 aromatic rings. The molecular formula is C14H8ClN3O3S. The molecule has 1 N–H and O–H groups in total. The maximum atomic E-state index is 12.2. The molecule has 110 valence electrons. The molecule has 0 saturated heterocycles. The van der Waals surface area contributed by atoms with Crippen molar-refractivity contribution in [2.45, 2.75) is 0 Å². The Bertz CT molecular complexity index is 861. The third kappa shape index (κ3) is 2.76. The van der Waals surface area contributed by atoms with Gasteiger partial charge in [0.05, 0.1) is 25.7 Å². The lowest BCUT2D eigenvalue weighted by molar-refractivity contribution is -0.384. The molecule has 0 bridgehead atoms. The van der Waals surface area contributed by atoms with Crippen molar-refractivity contribution in [3.8, 4) is 0 Å². The van der Waals surface area contributed by atoms with E-state index in [0.717, 1.165) is 16.3 Å². The van der Waals surface area contributed by atoms with Crippen LogP contribution in [-0.4, -0.2) is 15.8 Å². The number of amides is 1. The summed E-state index contributed by atoms with van der Waals surface area (Å²) in [5.74, 6) is -0.459. The summed E-state index contributed by atoms with van der Waals surface area (Å²) < 4.78 is 0.951. The number of hydrogen-bond donors (Lipinski definition) is 1. The van der Waals surface area contributed by atoms with Crippen molar-refractivity contribution in [2.24, 2.45) is 0 Å². The zero-order chi connectivity index (χ0) is 15.7. The minimum absolute atomic E-state index is 0.0211. The Kier molecular flexibility index (Phi) is 3.74. The number of benzene rings is 2. The number of nitro benzene ring substituents is 1. The fraction of sp³-hybridized carbons (Fsp3) is 0. The van der Waals surface area contributed by atoms with Gasteiger partial charge in [0.2, 0.25) is 0 Å². The molecule has 0 aliphatic heterocycles. The molecule has 0 radical (unpaired) electrons. The first-order chi connectivity index (χ1) is 10.5. The fourth-order valence-corrected chi connectivity index (χ4v) is 3.01. The molecule has 0 saturated carbocycles. The van der Waals surface area contributed by atoms with Crippen molar-refractivity contribution < 1.29 is 9.72 Å². The summed E-state index contributed by atoms with van der Waals surface area (Å²) in [5, 5.41) is 13.8. The van der Waals surface area contributed by atoms with Crippen LogP contribution in [0.4, 0.5) is 10.8 Å². The Labute approximate surface area is 133 Å². The summed E-state index contributed by atoms with van der Waals surface area (Å²) in [5.41, 5.74) is 0.783. The molecule has 0 aliphatic rings. The van der Waals surface area contributed by atoms with Gasteiger partial charge in [-0.05, 0) is 18.2 Å². The lowest BCUT2D eigenvalue weighted by Gasteiger charge is -2.03. The molecule has 1 aromatic heterocycles. The Morgan fingerprint density at radius 2 is 2.05 bits per heavy atom. The van der Waals surface area contributed by atoms with Crippen LogP contribution in [0.25, 0.3) is 10.2 Å². The average molecular weight is 334 g/mol. The highest BCUT2D eigenvalue weighted by Gasteiger charge is 2.16. The number of nitro groups is 1. The van der Waals surface area contributed by atoms with Gasteiger partial charge < -0.3 is 0 Å². The second kappa shape index (κ2) is 5.70. The quantitative estimate of drug-likeness (QED) is 0.577. The first-order valence-electron chi connectivity index (χ1n) is 6.15. The van der Waals surface area contributed by atoms with Crippen LogP contribution in [0.2, 0.25) is 5.02 Å². The van der Waals surface area contributed by atoms with Crippen LogP contribution in [0.3, 0.4) is 0 Å². The molecule has 0 unspecified atom stereocenters. The van der Waals surface area contributed by atoms with Crippen LogP contribution in [0.1, 0.15) is 10.4 Å². The van der Waals surface area contributed by atoms with E-state index in [1.165, 1.54) is 23.5 Å².